The van der Waals surface area contributed by atoms with Crippen molar-refractivity contribution in [1.29, 1.82) is 0 Å². The summed E-state index contributed by atoms with van der Waals surface area (Å²) in [5.74, 6) is -0.229. The molecule has 0 radical (unpaired) electrons. The Morgan fingerprint density at radius 2 is 2.29 bits per heavy atom. The number of thioether (sulfide) groups is 1. The predicted molar refractivity (Wildman–Crippen MR) is 75.9 cm³/mol. The van der Waals surface area contributed by atoms with Crippen LogP contribution in [0.25, 0.3) is 0 Å². The molecule has 1 aromatic carbocycles. The number of methoxy groups -OCH3 is 1. The highest BCUT2D eigenvalue weighted by atomic mass is 32.2. The van der Waals surface area contributed by atoms with E-state index in [9.17, 15) is 19.7 Å². The highest BCUT2D eigenvalue weighted by Gasteiger charge is 2.23. The summed E-state index contributed by atoms with van der Waals surface area (Å²) in [5, 5.41) is 10.8. The number of nitro groups is 1. The highest BCUT2D eigenvalue weighted by Crippen LogP contribution is 2.30. The first-order valence-corrected chi connectivity index (χ1v) is 7.24. The molecule has 2 rings (SSSR count). The van der Waals surface area contributed by atoms with E-state index in [0.717, 1.165) is 10.5 Å². The van der Waals surface area contributed by atoms with Gasteiger partial charge in [0.2, 0.25) is 5.91 Å². The van der Waals surface area contributed by atoms with Gasteiger partial charge in [-0.05, 0) is 11.6 Å². The van der Waals surface area contributed by atoms with Crippen LogP contribution in [-0.4, -0.2) is 41.1 Å². The van der Waals surface area contributed by atoms with Gasteiger partial charge in [-0.25, -0.2) is 0 Å². The molecule has 1 aromatic rings. The van der Waals surface area contributed by atoms with E-state index in [1.807, 2.05) is 0 Å². The van der Waals surface area contributed by atoms with Gasteiger partial charge in [0.1, 0.15) is 0 Å². The zero-order valence-electron chi connectivity index (χ0n) is 11.4. The summed E-state index contributed by atoms with van der Waals surface area (Å²) in [6.07, 6.45) is 0.108. The van der Waals surface area contributed by atoms with Gasteiger partial charge in [0.15, 0.2) is 0 Å². The van der Waals surface area contributed by atoms with Crippen molar-refractivity contribution in [3.63, 3.8) is 0 Å². The minimum absolute atomic E-state index is 0.00313. The van der Waals surface area contributed by atoms with Gasteiger partial charge >= 0.3 is 5.97 Å². The second-order valence-electron chi connectivity index (χ2n) is 4.48. The summed E-state index contributed by atoms with van der Waals surface area (Å²) in [5.41, 5.74) is 0.724. The van der Waals surface area contributed by atoms with Crippen molar-refractivity contribution >= 4 is 29.3 Å². The van der Waals surface area contributed by atoms with Gasteiger partial charge in [-0.15, -0.1) is 11.8 Å². The molecule has 0 fully saturated rings. The van der Waals surface area contributed by atoms with Crippen LogP contribution in [0.4, 0.5) is 5.69 Å². The Bertz CT molecular complexity index is 590. The van der Waals surface area contributed by atoms with Crippen molar-refractivity contribution in [3.8, 4) is 0 Å². The number of carbonyl (C=O) groups excluding carboxylic acids is 2. The molecule has 0 bridgehead atoms. The van der Waals surface area contributed by atoms with Crippen LogP contribution in [0.3, 0.4) is 0 Å². The summed E-state index contributed by atoms with van der Waals surface area (Å²) in [4.78, 5) is 36.0. The summed E-state index contributed by atoms with van der Waals surface area (Å²) in [7, 11) is 1.29. The molecule has 0 aliphatic carbocycles. The molecule has 0 atom stereocenters. The molecule has 0 spiro atoms. The second-order valence-corrected chi connectivity index (χ2v) is 5.50. The topological polar surface area (TPSA) is 89.8 Å². The quantitative estimate of drug-likeness (QED) is 0.476. The molecule has 8 heteroatoms. The normalized spacial score (nSPS) is 14.3. The monoisotopic (exact) mass is 310 g/mol. The highest BCUT2D eigenvalue weighted by molar-refractivity contribution is 8.00. The first-order valence-electron chi connectivity index (χ1n) is 6.26. The standard InChI is InChI=1S/C13H14N2O5S/c1-20-13(17)4-5-14-7-9-6-10(15(18)19)2-3-11(9)21-8-12(14)16/h2-3,6H,4-5,7-8H2,1H3. The van der Waals surface area contributed by atoms with Crippen molar-refractivity contribution < 1.29 is 19.2 Å². The summed E-state index contributed by atoms with van der Waals surface area (Å²) in [6.45, 7) is 0.508. The number of rotatable bonds is 4. The molecule has 112 valence electrons. The van der Waals surface area contributed by atoms with E-state index >= 15 is 0 Å². The predicted octanol–water partition coefficient (Wildman–Crippen LogP) is 1.59. The van der Waals surface area contributed by atoms with E-state index in [0.29, 0.717) is 0 Å². The molecule has 0 unspecified atom stereocenters. The molecule has 0 N–H and O–H groups in total. The Balaban J connectivity index is 2.18. The first-order chi connectivity index (χ1) is 10.0. The minimum Gasteiger partial charge on any atom is -0.469 e. The summed E-state index contributed by atoms with van der Waals surface area (Å²) in [6, 6.07) is 4.57. The van der Waals surface area contributed by atoms with Crippen LogP contribution in [-0.2, 0) is 20.9 Å². The number of benzene rings is 1. The number of ether oxygens (including phenoxy) is 1. The maximum Gasteiger partial charge on any atom is 0.307 e. The minimum atomic E-state index is -0.462. The molecule has 0 aromatic heterocycles. The molecule has 7 nitrogen and oxygen atoms in total. The van der Waals surface area contributed by atoms with Crippen molar-refractivity contribution in [2.45, 2.75) is 17.9 Å². The summed E-state index contributed by atoms with van der Waals surface area (Å²) < 4.78 is 4.56. The van der Waals surface area contributed by atoms with Crippen LogP contribution < -0.4 is 0 Å². The van der Waals surface area contributed by atoms with Crippen LogP contribution in [0.1, 0.15) is 12.0 Å². The number of carbonyl (C=O) groups is 2. The Morgan fingerprint density at radius 3 is 2.95 bits per heavy atom. The van der Waals surface area contributed by atoms with Gasteiger partial charge in [-0.3, -0.25) is 19.7 Å². The van der Waals surface area contributed by atoms with E-state index < -0.39 is 4.92 Å². The fourth-order valence-electron chi connectivity index (χ4n) is 2.00. The lowest BCUT2D eigenvalue weighted by Gasteiger charge is -2.19. The molecule has 1 amide bonds. The number of fused-ring (bicyclic) bond motifs is 1. The lowest BCUT2D eigenvalue weighted by Crippen LogP contribution is -2.32. The van der Waals surface area contributed by atoms with Crippen molar-refractivity contribution in [3.05, 3.63) is 33.9 Å². The van der Waals surface area contributed by atoms with Crippen LogP contribution in [0.2, 0.25) is 0 Å². The largest absolute Gasteiger partial charge is 0.469 e. The van der Waals surface area contributed by atoms with E-state index in [2.05, 4.69) is 4.74 Å². The fraction of sp³-hybridized carbons (Fsp3) is 0.385. The molecule has 21 heavy (non-hydrogen) atoms. The first kappa shape index (κ1) is 15.3. The third-order valence-electron chi connectivity index (χ3n) is 3.13. The zero-order valence-corrected chi connectivity index (χ0v) is 12.2. The third-order valence-corrected chi connectivity index (χ3v) is 4.23. The number of nitrogens with zero attached hydrogens (tertiary/aromatic N) is 2. The molecule has 1 aliphatic heterocycles. The Kier molecular flexibility index (Phi) is 4.79. The Morgan fingerprint density at radius 1 is 1.52 bits per heavy atom. The van der Waals surface area contributed by atoms with Gasteiger partial charge in [0.05, 0.1) is 24.2 Å². The van der Waals surface area contributed by atoms with Crippen molar-refractivity contribution in [1.82, 2.24) is 4.90 Å². The fourth-order valence-corrected chi connectivity index (χ4v) is 2.94. The van der Waals surface area contributed by atoms with Crippen LogP contribution in [0.5, 0.6) is 0 Å². The molecule has 0 saturated heterocycles. The number of hydrogen-bond acceptors (Lipinski definition) is 6. The average molecular weight is 310 g/mol. The number of amides is 1. The zero-order chi connectivity index (χ0) is 15.4. The summed E-state index contributed by atoms with van der Waals surface area (Å²) >= 11 is 1.35. The molecule has 1 heterocycles. The Hall–Kier alpha value is -2.09. The number of non-ortho nitro benzene ring substituents is 1. The van der Waals surface area contributed by atoms with Crippen molar-refractivity contribution in [2.24, 2.45) is 0 Å². The second kappa shape index (κ2) is 6.57. The average Bonchev–Trinajstić information content (AvgIpc) is 2.63. The Labute approximate surface area is 125 Å². The van der Waals surface area contributed by atoms with Crippen molar-refractivity contribution in [2.75, 3.05) is 19.4 Å². The smallest absolute Gasteiger partial charge is 0.307 e. The van der Waals surface area contributed by atoms with Gasteiger partial charge in [-0.1, -0.05) is 0 Å². The SMILES string of the molecule is COC(=O)CCN1Cc2cc([N+](=O)[O-])ccc2SCC1=O. The molecular formula is C13H14N2O5S. The maximum absolute atomic E-state index is 12.0. The lowest BCUT2D eigenvalue weighted by atomic mass is 10.2. The van der Waals surface area contributed by atoms with E-state index in [1.165, 1.54) is 35.9 Å². The van der Waals surface area contributed by atoms with Gasteiger partial charge in [-0.2, -0.15) is 0 Å². The maximum atomic E-state index is 12.0. The third kappa shape index (κ3) is 3.72. The number of esters is 1. The van der Waals surface area contributed by atoms with Gasteiger partial charge in [0, 0.05) is 30.1 Å². The van der Waals surface area contributed by atoms with Gasteiger partial charge in [0.25, 0.3) is 5.69 Å². The van der Waals surface area contributed by atoms with E-state index in [-0.39, 0.29) is 42.8 Å². The lowest BCUT2D eigenvalue weighted by molar-refractivity contribution is -0.385. The van der Waals surface area contributed by atoms with Crippen LogP contribution in [0.15, 0.2) is 23.1 Å². The molecule has 0 saturated carbocycles. The van der Waals surface area contributed by atoms with Crippen LogP contribution >= 0.6 is 11.8 Å². The molecule has 1 aliphatic rings. The number of hydrogen-bond donors (Lipinski definition) is 0. The molecular weight excluding hydrogens is 296 g/mol. The number of nitro benzene ring substituents is 1. The van der Waals surface area contributed by atoms with E-state index in [1.54, 1.807) is 6.07 Å². The van der Waals surface area contributed by atoms with E-state index in [4.69, 9.17) is 0 Å². The van der Waals surface area contributed by atoms with Crippen LogP contribution in [0, 0.1) is 10.1 Å². The van der Waals surface area contributed by atoms with Gasteiger partial charge < -0.3 is 9.64 Å².